The summed E-state index contributed by atoms with van der Waals surface area (Å²) in [5.74, 6) is -0.605. The summed E-state index contributed by atoms with van der Waals surface area (Å²) in [5.41, 5.74) is 1.94. The van der Waals surface area contributed by atoms with Gasteiger partial charge in [0.25, 0.3) is 0 Å². The van der Waals surface area contributed by atoms with Crippen molar-refractivity contribution in [1.82, 2.24) is 4.57 Å². The Bertz CT molecular complexity index is 882. The van der Waals surface area contributed by atoms with E-state index in [9.17, 15) is 9.59 Å². The van der Waals surface area contributed by atoms with Gasteiger partial charge < -0.3 is 9.73 Å². The van der Waals surface area contributed by atoms with Gasteiger partial charge in [-0.2, -0.15) is 0 Å². The van der Waals surface area contributed by atoms with Crippen LogP contribution >= 0.6 is 15.9 Å². The van der Waals surface area contributed by atoms with E-state index in [0.717, 1.165) is 4.47 Å². The number of fused-ring (bicyclic) bond motifs is 1. The normalized spacial score (nSPS) is 10.8. The fourth-order valence-corrected chi connectivity index (χ4v) is 2.63. The van der Waals surface area contributed by atoms with Crippen molar-refractivity contribution in [3.05, 3.63) is 63.6 Å². The first kappa shape index (κ1) is 14.6. The lowest BCUT2D eigenvalue weighted by atomic mass is 10.3. The fraction of sp³-hybridized carbons (Fsp3) is 0.125. The number of hydrogen-bond donors (Lipinski definition) is 1. The van der Waals surface area contributed by atoms with Gasteiger partial charge in [0.2, 0.25) is 5.91 Å². The Balaban J connectivity index is 1.70. The van der Waals surface area contributed by atoms with Crippen LogP contribution < -0.4 is 11.1 Å². The van der Waals surface area contributed by atoms with Gasteiger partial charge >= 0.3 is 5.76 Å². The lowest BCUT2D eigenvalue weighted by molar-refractivity contribution is -0.116. The van der Waals surface area contributed by atoms with Gasteiger partial charge in [-0.25, -0.2) is 4.79 Å². The number of aryl methyl sites for hydroxylation is 1. The van der Waals surface area contributed by atoms with Crippen molar-refractivity contribution in [3.63, 3.8) is 0 Å². The van der Waals surface area contributed by atoms with E-state index in [1.165, 1.54) is 4.57 Å². The molecule has 0 aliphatic rings. The van der Waals surface area contributed by atoms with Crippen molar-refractivity contribution in [2.45, 2.75) is 13.0 Å². The summed E-state index contributed by atoms with van der Waals surface area (Å²) in [7, 11) is 0. The van der Waals surface area contributed by atoms with Gasteiger partial charge in [0.05, 0.1) is 5.52 Å². The molecule has 22 heavy (non-hydrogen) atoms. The maximum Gasteiger partial charge on any atom is 0.419 e. The Labute approximate surface area is 134 Å². The second-order valence-electron chi connectivity index (χ2n) is 4.80. The molecule has 0 saturated heterocycles. The lowest BCUT2D eigenvalue weighted by Gasteiger charge is -2.06. The standard InChI is InChI=1S/C16H13BrN2O3/c17-11-4-3-5-12(10-11)18-15(20)8-9-19-13-6-1-2-7-14(13)22-16(19)21/h1-7,10H,8-9H2,(H,18,20). The number of benzene rings is 2. The second-order valence-corrected chi connectivity index (χ2v) is 5.71. The van der Waals surface area contributed by atoms with E-state index in [1.807, 2.05) is 30.3 Å². The number of anilines is 1. The van der Waals surface area contributed by atoms with Crippen LogP contribution in [0.5, 0.6) is 0 Å². The van der Waals surface area contributed by atoms with Crippen LogP contribution in [0.1, 0.15) is 6.42 Å². The molecule has 2 aromatic carbocycles. The number of oxazole rings is 1. The molecule has 0 fully saturated rings. The fourth-order valence-electron chi connectivity index (χ4n) is 2.23. The third-order valence-corrected chi connectivity index (χ3v) is 3.74. The minimum absolute atomic E-state index is 0.157. The van der Waals surface area contributed by atoms with Gasteiger partial charge in [-0.1, -0.05) is 34.1 Å². The zero-order valence-corrected chi connectivity index (χ0v) is 13.2. The molecule has 1 aromatic heterocycles. The molecular formula is C16H13BrN2O3. The average Bonchev–Trinajstić information content (AvgIpc) is 2.80. The first-order valence-corrected chi connectivity index (χ1v) is 7.56. The number of aromatic nitrogens is 1. The number of para-hydroxylation sites is 2. The van der Waals surface area contributed by atoms with Gasteiger partial charge in [0.15, 0.2) is 5.58 Å². The Hall–Kier alpha value is -2.34. The monoisotopic (exact) mass is 360 g/mol. The molecule has 3 rings (SSSR count). The zero-order valence-electron chi connectivity index (χ0n) is 11.6. The Morgan fingerprint density at radius 1 is 1.18 bits per heavy atom. The van der Waals surface area contributed by atoms with Gasteiger partial charge in [-0.3, -0.25) is 9.36 Å². The van der Waals surface area contributed by atoms with Crippen LogP contribution in [0.4, 0.5) is 5.69 Å². The maximum absolute atomic E-state index is 12.0. The molecule has 0 saturated carbocycles. The third kappa shape index (κ3) is 3.12. The summed E-state index contributed by atoms with van der Waals surface area (Å²) >= 11 is 3.35. The van der Waals surface area contributed by atoms with Crippen LogP contribution in [0.2, 0.25) is 0 Å². The third-order valence-electron chi connectivity index (χ3n) is 3.24. The Morgan fingerprint density at radius 2 is 2.00 bits per heavy atom. The molecular weight excluding hydrogens is 348 g/mol. The van der Waals surface area contributed by atoms with Gasteiger partial charge in [0, 0.05) is 23.1 Å². The SMILES string of the molecule is O=C(CCn1c(=O)oc2ccccc21)Nc1cccc(Br)c1. The van der Waals surface area contributed by atoms with Crippen LogP contribution in [0.3, 0.4) is 0 Å². The van der Waals surface area contributed by atoms with Crippen LogP contribution in [-0.2, 0) is 11.3 Å². The van der Waals surface area contributed by atoms with Crippen molar-refractivity contribution < 1.29 is 9.21 Å². The number of rotatable bonds is 4. The molecule has 1 amide bonds. The maximum atomic E-state index is 12.0. The molecule has 0 unspecified atom stereocenters. The van der Waals surface area contributed by atoms with E-state index in [1.54, 1.807) is 18.2 Å². The molecule has 0 atom stereocenters. The second kappa shape index (κ2) is 6.19. The van der Waals surface area contributed by atoms with Crippen molar-refractivity contribution >= 4 is 38.6 Å². The van der Waals surface area contributed by atoms with E-state index in [2.05, 4.69) is 21.2 Å². The summed E-state index contributed by atoms with van der Waals surface area (Å²) in [6.07, 6.45) is 0.190. The predicted molar refractivity (Wildman–Crippen MR) is 87.9 cm³/mol. The molecule has 1 heterocycles. The topological polar surface area (TPSA) is 64.2 Å². The molecule has 0 radical (unpaired) electrons. The molecule has 112 valence electrons. The number of carbonyl (C=O) groups excluding carboxylic acids is 1. The Morgan fingerprint density at radius 3 is 2.82 bits per heavy atom. The van der Waals surface area contributed by atoms with E-state index in [4.69, 9.17) is 4.42 Å². The van der Waals surface area contributed by atoms with Gasteiger partial charge in [-0.05, 0) is 30.3 Å². The summed E-state index contributed by atoms with van der Waals surface area (Å²) < 4.78 is 7.49. The van der Waals surface area contributed by atoms with Crippen molar-refractivity contribution in [2.24, 2.45) is 0 Å². The minimum atomic E-state index is -0.448. The predicted octanol–water partition coefficient (Wildman–Crippen LogP) is 3.39. The highest BCUT2D eigenvalue weighted by atomic mass is 79.9. The number of hydrogen-bond acceptors (Lipinski definition) is 3. The smallest absolute Gasteiger partial charge is 0.408 e. The quantitative estimate of drug-likeness (QED) is 0.775. The molecule has 0 bridgehead atoms. The molecule has 0 spiro atoms. The number of amides is 1. The van der Waals surface area contributed by atoms with E-state index >= 15 is 0 Å². The van der Waals surface area contributed by atoms with Crippen LogP contribution in [-0.4, -0.2) is 10.5 Å². The summed E-state index contributed by atoms with van der Waals surface area (Å²) in [5, 5.41) is 2.80. The Kier molecular flexibility index (Phi) is 4.11. The van der Waals surface area contributed by atoms with Crippen molar-refractivity contribution in [2.75, 3.05) is 5.32 Å². The number of nitrogens with one attached hydrogen (secondary N) is 1. The van der Waals surface area contributed by atoms with Crippen molar-refractivity contribution in [1.29, 1.82) is 0 Å². The zero-order chi connectivity index (χ0) is 15.5. The highest BCUT2D eigenvalue weighted by Crippen LogP contribution is 2.16. The first-order valence-electron chi connectivity index (χ1n) is 6.77. The molecule has 0 aliphatic carbocycles. The summed E-state index contributed by atoms with van der Waals surface area (Å²) in [6, 6.07) is 14.5. The van der Waals surface area contributed by atoms with E-state index < -0.39 is 5.76 Å². The van der Waals surface area contributed by atoms with Gasteiger partial charge in [-0.15, -0.1) is 0 Å². The first-order chi connectivity index (χ1) is 10.6. The number of nitrogens with zero attached hydrogens (tertiary/aromatic N) is 1. The molecule has 5 nitrogen and oxygen atoms in total. The highest BCUT2D eigenvalue weighted by molar-refractivity contribution is 9.10. The lowest BCUT2D eigenvalue weighted by Crippen LogP contribution is -2.19. The molecule has 0 aliphatic heterocycles. The number of carbonyl (C=O) groups is 1. The highest BCUT2D eigenvalue weighted by Gasteiger charge is 2.10. The van der Waals surface area contributed by atoms with E-state index in [-0.39, 0.29) is 18.9 Å². The summed E-state index contributed by atoms with van der Waals surface area (Å²) in [4.78, 5) is 23.8. The molecule has 3 aromatic rings. The van der Waals surface area contributed by atoms with Crippen LogP contribution in [0.25, 0.3) is 11.1 Å². The average molecular weight is 361 g/mol. The summed E-state index contributed by atoms with van der Waals surface area (Å²) in [6.45, 7) is 0.273. The van der Waals surface area contributed by atoms with Crippen molar-refractivity contribution in [3.8, 4) is 0 Å². The molecule has 1 N–H and O–H groups in total. The van der Waals surface area contributed by atoms with Crippen LogP contribution in [0.15, 0.2) is 62.2 Å². The minimum Gasteiger partial charge on any atom is -0.408 e. The van der Waals surface area contributed by atoms with Crippen LogP contribution in [0, 0.1) is 0 Å². The largest absolute Gasteiger partial charge is 0.419 e. The molecule has 6 heteroatoms. The van der Waals surface area contributed by atoms with E-state index in [0.29, 0.717) is 16.8 Å². The number of halogens is 1. The van der Waals surface area contributed by atoms with Gasteiger partial charge in [0.1, 0.15) is 0 Å².